The Bertz CT molecular complexity index is 601. The molecule has 0 aliphatic heterocycles. The smallest absolute Gasteiger partial charge is 0.317 e. The third kappa shape index (κ3) is 4.78. The molecule has 0 aliphatic carbocycles. The number of halogens is 1. The zero-order valence-corrected chi connectivity index (χ0v) is 13.5. The second-order valence-corrected chi connectivity index (χ2v) is 5.48. The summed E-state index contributed by atoms with van der Waals surface area (Å²) in [6, 6.07) is 17.7. The lowest BCUT2D eigenvalue weighted by molar-refractivity contribution is 0.198. The number of carbonyl (C=O) groups is 1. The molecular weight excluding hydrogens is 296 g/mol. The summed E-state index contributed by atoms with van der Waals surface area (Å²) in [5.41, 5.74) is 2.18. The van der Waals surface area contributed by atoms with Crippen molar-refractivity contribution in [3.8, 4) is 0 Å². The monoisotopic (exact) mass is 316 g/mol. The van der Waals surface area contributed by atoms with Crippen molar-refractivity contribution < 1.29 is 4.79 Å². The van der Waals surface area contributed by atoms with Crippen LogP contribution in [0.1, 0.15) is 18.1 Å². The Morgan fingerprint density at radius 3 is 2.45 bits per heavy atom. The van der Waals surface area contributed by atoms with Gasteiger partial charge in [-0.3, -0.25) is 0 Å². The molecule has 2 amide bonds. The van der Waals surface area contributed by atoms with Crippen LogP contribution >= 0.6 is 11.6 Å². The van der Waals surface area contributed by atoms with Gasteiger partial charge in [-0.15, -0.1) is 0 Å². The molecule has 0 saturated carbocycles. The van der Waals surface area contributed by atoms with E-state index in [0.29, 0.717) is 19.6 Å². The van der Waals surface area contributed by atoms with Gasteiger partial charge in [0.15, 0.2) is 0 Å². The van der Waals surface area contributed by atoms with Gasteiger partial charge < -0.3 is 10.2 Å². The van der Waals surface area contributed by atoms with E-state index in [2.05, 4.69) is 5.32 Å². The lowest BCUT2D eigenvalue weighted by Crippen LogP contribution is -2.40. The van der Waals surface area contributed by atoms with Crippen LogP contribution in [0, 0.1) is 0 Å². The lowest BCUT2D eigenvalue weighted by Gasteiger charge is -2.21. The van der Waals surface area contributed by atoms with Crippen LogP contribution in [-0.2, 0) is 13.0 Å². The van der Waals surface area contributed by atoms with Crippen molar-refractivity contribution in [1.29, 1.82) is 0 Å². The van der Waals surface area contributed by atoms with Gasteiger partial charge in [-0.25, -0.2) is 4.79 Å². The maximum Gasteiger partial charge on any atom is 0.317 e. The Labute approximate surface area is 136 Å². The number of nitrogens with one attached hydrogen (secondary N) is 1. The Morgan fingerprint density at radius 1 is 1.09 bits per heavy atom. The number of hydrogen-bond acceptors (Lipinski definition) is 1. The zero-order chi connectivity index (χ0) is 15.8. The predicted octanol–water partition coefficient (Wildman–Crippen LogP) is 4.11. The summed E-state index contributed by atoms with van der Waals surface area (Å²) in [5, 5.41) is 3.70. The maximum absolute atomic E-state index is 12.2. The number of nitrogens with zero attached hydrogens (tertiary/aromatic N) is 1. The van der Waals surface area contributed by atoms with E-state index in [-0.39, 0.29) is 6.03 Å². The van der Waals surface area contributed by atoms with Crippen LogP contribution in [0.25, 0.3) is 0 Å². The van der Waals surface area contributed by atoms with Crippen LogP contribution in [0.3, 0.4) is 0 Å². The molecule has 1 N–H and O–H groups in total. The predicted molar refractivity (Wildman–Crippen MR) is 91.1 cm³/mol. The van der Waals surface area contributed by atoms with Crippen molar-refractivity contribution in [3.63, 3.8) is 0 Å². The molecule has 0 heterocycles. The number of rotatable bonds is 6. The summed E-state index contributed by atoms with van der Waals surface area (Å²) >= 11 is 6.11. The molecule has 4 heteroatoms. The van der Waals surface area contributed by atoms with Gasteiger partial charge in [0, 0.05) is 24.7 Å². The molecule has 0 bridgehead atoms. The molecule has 2 aromatic carbocycles. The summed E-state index contributed by atoms with van der Waals surface area (Å²) < 4.78 is 0. The number of hydrogen-bond donors (Lipinski definition) is 1. The molecule has 22 heavy (non-hydrogen) atoms. The molecule has 3 nitrogen and oxygen atoms in total. The first-order valence-electron chi connectivity index (χ1n) is 7.50. The van der Waals surface area contributed by atoms with E-state index in [1.54, 1.807) is 4.90 Å². The molecule has 0 saturated heterocycles. The van der Waals surface area contributed by atoms with Crippen LogP contribution in [0.2, 0.25) is 5.02 Å². The second kappa shape index (κ2) is 8.44. The van der Waals surface area contributed by atoms with E-state index >= 15 is 0 Å². The fourth-order valence-corrected chi connectivity index (χ4v) is 2.48. The standard InChI is InChI=1S/C18H21ClN2O/c1-2-21(14-15-8-4-3-5-9-15)18(22)20-13-12-16-10-6-7-11-17(16)19/h3-11H,2,12-14H2,1H3,(H,20,22). The van der Waals surface area contributed by atoms with Crippen LogP contribution in [0.15, 0.2) is 54.6 Å². The van der Waals surface area contributed by atoms with Gasteiger partial charge in [-0.2, -0.15) is 0 Å². The summed E-state index contributed by atoms with van der Waals surface area (Å²) in [6.45, 7) is 3.85. The summed E-state index contributed by atoms with van der Waals surface area (Å²) in [5.74, 6) is 0. The molecule has 2 rings (SSSR count). The van der Waals surface area contributed by atoms with Gasteiger partial charge >= 0.3 is 6.03 Å². The van der Waals surface area contributed by atoms with Gasteiger partial charge in [0.1, 0.15) is 0 Å². The maximum atomic E-state index is 12.2. The topological polar surface area (TPSA) is 32.3 Å². The fourth-order valence-electron chi connectivity index (χ4n) is 2.25. The molecule has 0 spiro atoms. The van der Waals surface area contributed by atoms with E-state index in [1.807, 2.05) is 61.5 Å². The Morgan fingerprint density at radius 2 is 1.77 bits per heavy atom. The van der Waals surface area contributed by atoms with Crippen molar-refractivity contribution >= 4 is 17.6 Å². The average Bonchev–Trinajstić information content (AvgIpc) is 2.55. The van der Waals surface area contributed by atoms with Crippen molar-refractivity contribution in [1.82, 2.24) is 10.2 Å². The van der Waals surface area contributed by atoms with Gasteiger partial charge in [0.05, 0.1) is 0 Å². The zero-order valence-electron chi connectivity index (χ0n) is 12.8. The number of carbonyl (C=O) groups excluding carboxylic acids is 1. The summed E-state index contributed by atoms with van der Waals surface area (Å²) in [7, 11) is 0. The Balaban J connectivity index is 1.83. The molecule has 0 unspecified atom stereocenters. The first kappa shape index (κ1) is 16.4. The second-order valence-electron chi connectivity index (χ2n) is 5.07. The normalized spacial score (nSPS) is 10.3. The van der Waals surface area contributed by atoms with Gasteiger partial charge in [0.25, 0.3) is 0 Å². The van der Waals surface area contributed by atoms with Crippen LogP contribution in [0.5, 0.6) is 0 Å². The molecule has 2 aromatic rings. The van der Waals surface area contributed by atoms with E-state index < -0.39 is 0 Å². The Kier molecular flexibility index (Phi) is 6.28. The lowest BCUT2D eigenvalue weighted by atomic mass is 10.1. The quantitative estimate of drug-likeness (QED) is 0.854. The molecule has 0 atom stereocenters. The first-order valence-corrected chi connectivity index (χ1v) is 7.88. The fraction of sp³-hybridized carbons (Fsp3) is 0.278. The summed E-state index contributed by atoms with van der Waals surface area (Å²) in [6.07, 6.45) is 0.730. The molecular formula is C18H21ClN2O. The van der Waals surface area contributed by atoms with E-state index in [1.165, 1.54) is 0 Å². The minimum absolute atomic E-state index is 0.0431. The minimum atomic E-state index is -0.0431. The highest BCUT2D eigenvalue weighted by molar-refractivity contribution is 6.31. The number of urea groups is 1. The average molecular weight is 317 g/mol. The molecule has 0 aliphatic rings. The highest BCUT2D eigenvalue weighted by Gasteiger charge is 2.11. The summed E-state index contributed by atoms with van der Waals surface area (Å²) in [4.78, 5) is 14.0. The number of amides is 2. The molecule has 116 valence electrons. The van der Waals surface area contributed by atoms with Crippen molar-refractivity contribution in [2.24, 2.45) is 0 Å². The van der Waals surface area contributed by atoms with Gasteiger partial charge in [0.2, 0.25) is 0 Å². The van der Waals surface area contributed by atoms with Crippen LogP contribution in [-0.4, -0.2) is 24.0 Å². The third-order valence-electron chi connectivity index (χ3n) is 3.51. The van der Waals surface area contributed by atoms with E-state index in [4.69, 9.17) is 11.6 Å². The van der Waals surface area contributed by atoms with Crippen molar-refractivity contribution in [3.05, 3.63) is 70.7 Å². The highest BCUT2D eigenvalue weighted by atomic mass is 35.5. The van der Waals surface area contributed by atoms with Crippen molar-refractivity contribution in [2.75, 3.05) is 13.1 Å². The highest BCUT2D eigenvalue weighted by Crippen LogP contribution is 2.14. The van der Waals surface area contributed by atoms with Gasteiger partial charge in [-0.05, 0) is 30.5 Å². The Hall–Kier alpha value is -2.00. The van der Waals surface area contributed by atoms with Crippen LogP contribution in [0.4, 0.5) is 4.79 Å². The van der Waals surface area contributed by atoms with Crippen molar-refractivity contribution in [2.45, 2.75) is 19.9 Å². The SMILES string of the molecule is CCN(Cc1ccccc1)C(=O)NCCc1ccccc1Cl. The minimum Gasteiger partial charge on any atom is -0.338 e. The third-order valence-corrected chi connectivity index (χ3v) is 3.88. The molecule has 0 aromatic heterocycles. The largest absolute Gasteiger partial charge is 0.338 e. The van der Waals surface area contributed by atoms with E-state index in [0.717, 1.165) is 22.6 Å². The first-order chi connectivity index (χ1) is 10.7. The number of benzene rings is 2. The molecule has 0 radical (unpaired) electrons. The van der Waals surface area contributed by atoms with E-state index in [9.17, 15) is 4.79 Å². The van der Waals surface area contributed by atoms with Crippen LogP contribution < -0.4 is 5.32 Å². The van der Waals surface area contributed by atoms with Gasteiger partial charge in [-0.1, -0.05) is 60.1 Å². The molecule has 0 fully saturated rings.